The lowest BCUT2D eigenvalue weighted by Crippen LogP contribution is -2.50. The number of ether oxygens (including phenoxy) is 1. The Labute approximate surface area is 95.3 Å². The molecule has 1 rings (SSSR count). The third-order valence-electron chi connectivity index (χ3n) is 2.51. The largest absolute Gasteiger partial charge is 0.375 e. The molecule has 0 spiro atoms. The van der Waals surface area contributed by atoms with Gasteiger partial charge in [0.25, 0.3) is 0 Å². The number of amidine groups is 1. The van der Waals surface area contributed by atoms with Crippen molar-refractivity contribution in [2.75, 3.05) is 19.4 Å². The summed E-state index contributed by atoms with van der Waals surface area (Å²) < 4.78 is 5.60. The zero-order valence-corrected chi connectivity index (χ0v) is 10.3. The summed E-state index contributed by atoms with van der Waals surface area (Å²) in [5.41, 5.74) is 0. The number of aliphatic imine (C=N–C) groups is 1. The van der Waals surface area contributed by atoms with E-state index in [1.54, 1.807) is 0 Å². The van der Waals surface area contributed by atoms with Gasteiger partial charge >= 0.3 is 0 Å². The maximum Gasteiger partial charge on any atom is 0.208 e. The Morgan fingerprint density at radius 3 is 3.00 bits per heavy atom. The van der Waals surface area contributed by atoms with E-state index in [0.29, 0.717) is 6.04 Å². The van der Waals surface area contributed by atoms with Crippen molar-refractivity contribution in [3.63, 3.8) is 0 Å². The highest BCUT2D eigenvalue weighted by molar-refractivity contribution is 8.13. The van der Waals surface area contributed by atoms with Gasteiger partial charge in [-0.3, -0.25) is 0 Å². The average molecular weight is 227 g/mol. The lowest BCUT2D eigenvalue weighted by Gasteiger charge is -2.39. The summed E-state index contributed by atoms with van der Waals surface area (Å²) >= 11 is 1.52. The van der Waals surface area contributed by atoms with Crippen molar-refractivity contribution < 1.29 is 4.74 Å². The minimum absolute atomic E-state index is 0.212. The third-order valence-corrected chi connectivity index (χ3v) is 3.20. The van der Waals surface area contributed by atoms with Gasteiger partial charge in [-0.1, -0.05) is 18.7 Å². The van der Waals surface area contributed by atoms with E-state index >= 15 is 0 Å². The smallest absolute Gasteiger partial charge is 0.208 e. The lowest BCUT2D eigenvalue weighted by molar-refractivity contribution is -0.0272. The maximum atomic E-state index is 8.61. The molecule has 15 heavy (non-hydrogen) atoms. The number of hydrogen-bond acceptors (Lipinski definition) is 4. The summed E-state index contributed by atoms with van der Waals surface area (Å²) in [6.45, 7) is 5.72. The van der Waals surface area contributed by atoms with Crippen LogP contribution in [0, 0.1) is 11.5 Å². The van der Waals surface area contributed by atoms with Crippen LogP contribution in [0.1, 0.15) is 20.3 Å². The minimum Gasteiger partial charge on any atom is -0.375 e. The zero-order chi connectivity index (χ0) is 11.3. The van der Waals surface area contributed by atoms with Crippen LogP contribution in [0.4, 0.5) is 0 Å². The molecule has 0 bridgehead atoms. The number of nitrogens with zero attached hydrogens (tertiary/aromatic N) is 3. The topological polar surface area (TPSA) is 48.6 Å². The highest BCUT2D eigenvalue weighted by Crippen LogP contribution is 2.18. The molecule has 2 unspecified atom stereocenters. The number of thioether (sulfide) groups is 1. The van der Waals surface area contributed by atoms with Gasteiger partial charge in [-0.25, -0.2) is 0 Å². The van der Waals surface area contributed by atoms with Crippen LogP contribution in [0.15, 0.2) is 4.99 Å². The molecule has 4 nitrogen and oxygen atoms in total. The van der Waals surface area contributed by atoms with Crippen LogP contribution >= 0.6 is 11.8 Å². The molecule has 1 aliphatic heterocycles. The number of rotatable bonds is 1. The van der Waals surface area contributed by atoms with Gasteiger partial charge in [0.15, 0.2) is 5.17 Å². The number of nitriles is 1. The second kappa shape index (κ2) is 5.99. The summed E-state index contributed by atoms with van der Waals surface area (Å²) in [4.78, 5) is 6.04. The van der Waals surface area contributed by atoms with Crippen molar-refractivity contribution in [2.45, 2.75) is 32.4 Å². The van der Waals surface area contributed by atoms with Crippen LogP contribution in [0.25, 0.3) is 0 Å². The molecule has 5 heteroatoms. The number of hydrogen-bond donors (Lipinski definition) is 0. The molecule has 0 N–H and O–H groups in total. The first-order valence-corrected chi connectivity index (χ1v) is 6.34. The van der Waals surface area contributed by atoms with Crippen LogP contribution in [0.2, 0.25) is 0 Å². The van der Waals surface area contributed by atoms with Gasteiger partial charge in [0.05, 0.1) is 18.8 Å². The van der Waals surface area contributed by atoms with Crippen molar-refractivity contribution in [2.24, 2.45) is 4.99 Å². The van der Waals surface area contributed by atoms with Gasteiger partial charge in [0, 0.05) is 6.54 Å². The predicted molar refractivity (Wildman–Crippen MR) is 62.8 cm³/mol. The minimum atomic E-state index is 0.212. The van der Waals surface area contributed by atoms with Gasteiger partial charge < -0.3 is 9.64 Å². The molecule has 0 amide bonds. The Kier molecular flexibility index (Phi) is 4.92. The monoisotopic (exact) mass is 227 g/mol. The fourth-order valence-electron chi connectivity index (χ4n) is 1.69. The van der Waals surface area contributed by atoms with Crippen LogP contribution < -0.4 is 0 Å². The second-order valence-corrected chi connectivity index (χ2v) is 4.33. The molecular formula is C10H17N3OS. The molecule has 1 saturated heterocycles. The van der Waals surface area contributed by atoms with Crippen molar-refractivity contribution in [1.29, 1.82) is 5.26 Å². The Morgan fingerprint density at radius 1 is 1.73 bits per heavy atom. The molecule has 0 aromatic rings. The Hall–Kier alpha value is -0.730. The van der Waals surface area contributed by atoms with E-state index in [2.05, 4.69) is 16.8 Å². The highest BCUT2D eigenvalue weighted by atomic mass is 32.2. The zero-order valence-electron chi connectivity index (χ0n) is 9.43. The van der Waals surface area contributed by atoms with E-state index in [-0.39, 0.29) is 6.10 Å². The van der Waals surface area contributed by atoms with Crippen molar-refractivity contribution in [3.05, 3.63) is 0 Å². The SMILES string of the molecule is CCC1COC(C)CN1C(=NC#N)SC. The summed E-state index contributed by atoms with van der Waals surface area (Å²) in [6.07, 6.45) is 5.03. The quantitative estimate of drug-likeness (QED) is 0.388. The van der Waals surface area contributed by atoms with E-state index in [0.717, 1.165) is 24.7 Å². The fraction of sp³-hybridized carbons (Fsp3) is 0.800. The van der Waals surface area contributed by atoms with E-state index in [4.69, 9.17) is 10.00 Å². The van der Waals surface area contributed by atoms with E-state index in [9.17, 15) is 0 Å². The molecule has 0 aliphatic carbocycles. The maximum absolute atomic E-state index is 8.61. The molecular weight excluding hydrogens is 210 g/mol. The van der Waals surface area contributed by atoms with Crippen molar-refractivity contribution in [1.82, 2.24) is 4.90 Å². The fourth-order valence-corrected chi connectivity index (χ4v) is 2.28. The third kappa shape index (κ3) is 3.11. The van der Waals surface area contributed by atoms with Crippen LogP contribution in [0.3, 0.4) is 0 Å². The average Bonchev–Trinajstić information content (AvgIpc) is 2.26. The van der Waals surface area contributed by atoms with Crippen LogP contribution in [0.5, 0.6) is 0 Å². The van der Waals surface area contributed by atoms with Gasteiger partial charge in [-0.15, -0.1) is 4.99 Å². The van der Waals surface area contributed by atoms with E-state index < -0.39 is 0 Å². The van der Waals surface area contributed by atoms with E-state index in [1.165, 1.54) is 11.8 Å². The summed E-state index contributed by atoms with van der Waals surface area (Å²) in [6, 6.07) is 0.348. The molecule has 0 saturated carbocycles. The van der Waals surface area contributed by atoms with Gasteiger partial charge in [0.2, 0.25) is 6.19 Å². The Bertz CT molecular complexity index is 274. The second-order valence-electron chi connectivity index (χ2n) is 3.56. The molecule has 2 atom stereocenters. The number of morpholine rings is 1. The van der Waals surface area contributed by atoms with E-state index in [1.807, 2.05) is 19.4 Å². The van der Waals surface area contributed by atoms with Crippen molar-refractivity contribution in [3.8, 4) is 6.19 Å². The first-order chi connectivity index (χ1) is 7.22. The van der Waals surface area contributed by atoms with Gasteiger partial charge in [-0.2, -0.15) is 5.26 Å². The Balaban J connectivity index is 2.78. The first-order valence-electron chi connectivity index (χ1n) is 5.11. The Morgan fingerprint density at radius 2 is 2.47 bits per heavy atom. The van der Waals surface area contributed by atoms with Crippen molar-refractivity contribution >= 4 is 16.9 Å². The molecule has 0 radical (unpaired) electrons. The lowest BCUT2D eigenvalue weighted by atomic mass is 10.1. The van der Waals surface area contributed by atoms with Crippen LogP contribution in [-0.4, -0.2) is 41.6 Å². The van der Waals surface area contributed by atoms with Gasteiger partial charge in [0.1, 0.15) is 0 Å². The molecule has 84 valence electrons. The molecule has 1 aliphatic rings. The summed E-state index contributed by atoms with van der Waals surface area (Å²) in [5.74, 6) is 0. The highest BCUT2D eigenvalue weighted by Gasteiger charge is 2.27. The summed E-state index contributed by atoms with van der Waals surface area (Å²) in [5, 5.41) is 9.42. The normalized spacial score (nSPS) is 27.6. The molecule has 1 fully saturated rings. The predicted octanol–water partition coefficient (Wildman–Crippen LogP) is 1.69. The first kappa shape index (κ1) is 12.3. The molecule has 1 heterocycles. The standard InChI is InChI=1S/C10H17N3OS/c1-4-9-6-14-8(2)5-13(9)10(15-3)12-7-11/h8-9H,4-6H2,1-3H3. The van der Waals surface area contributed by atoms with Crippen LogP contribution in [-0.2, 0) is 4.74 Å². The van der Waals surface area contributed by atoms with Gasteiger partial charge in [-0.05, 0) is 19.6 Å². The summed E-state index contributed by atoms with van der Waals surface area (Å²) in [7, 11) is 0. The molecule has 0 aromatic carbocycles. The molecule has 0 aromatic heterocycles.